The Balaban J connectivity index is 1.99. The Morgan fingerprint density at radius 1 is 1.14 bits per heavy atom. The Kier molecular flexibility index (Phi) is 7.06. The van der Waals surface area contributed by atoms with Gasteiger partial charge >= 0.3 is 0 Å². The number of anilines is 1. The average Bonchev–Trinajstić information content (AvgIpc) is 2.62. The van der Waals surface area contributed by atoms with E-state index in [2.05, 4.69) is 15.8 Å². The van der Waals surface area contributed by atoms with Crippen LogP contribution < -0.4 is 10.7 Å². The molecule has 2 N–H and O–H groups in total. The molecule has 2 amide bonds. The van der Waals surface area contributed by atoms with E-state index in [0.29, 0.717) is 5.71 Å². The van der Waals surface area contributed by atoms with Crippen molar-refractivity contribution >= 4 is 40.5 Å². The number of aryl methyl sites for hydroxylation is 3. The molecule has 0 saturated heterocycles. The second-order valence-electron chi connectivity index (χ2n) is 6.71. The highest BCUT2D eigenvalue weighted by molar-refractivity contribution is 6.33. The lowest BCUT2D eigenvalue weighted by Gasteiger charge is -2.12. The molecule has 29 heavy (non-hydrogen) atoms. The van der Waals surface area contributed by atoms with Crippen molar-refractivity contribution in [2.75, 3.05) is 5.32 Å². The molecular weight excluding hydrogens is 396 g/mol. The Bertz CT molecular complexity index is 995. The van der Waals surface area contributed by atoms with Crippen LogP contribution in [-0.4, -0.2) is 22.4 Å². The summed E-state index contributed by atoms with van der Waals surface area (Å²) in [4.78, 5) is 34.6. The van der Waals surface area contributed by atoms with E-state index in [-0.39, 0.29) is 28.6 Å². The zero-order chi connectivity index (χ0) is 21.7. The summed E-state index contributed by atoms with van der Waals surface area (Å²) >= 11 is 5.80. The van der Waals surface area contributed by atoms with Crippen LogP contribution in [0.5, 0.6) is 0 Å². The van der Waals surface area contributed by atoms with E-state index in [1.165, 1.54) is 12.1 Å². The van der Waals surface area contributed by atoms with Crippen LogP contribution in [0.1, 0.15) is 40.4 Å². The molecule has 152 valence electrons. The van der Waals surface area contributed by atoms with Gasteiger partial charge in [-0.3, -0.25) is 19.7 Å². The van der Waals surface area contributed by atoms with Gasteiger partial charge in [0.05, 0.1) is 11.3 Å². The smallest absolute Gasteiger partial charge is 0.287 e. The first-order valence-corrected chi connectivity index (χ1v) is 9.11. The first-order chi connectivity index (χ1) is 13.6. The van der Waals surface area contributed by atoms with Crippen LogP contribution in [0.4, 0.5) is 11.4 Å². The standard InChI is InChI=1S/C20H21ClN4O4/c1-11-7-12(2)19(13(3)8-11)22-18(26)9-14(4)23-24-20(27)15-5-6-17(25(28)29)16(21)10-15/h5-8,10H,9H2,1-4H3,(H,22,26)(H,24,27)/b23-14-. The van der Waals surface area contributed by atoms with Crippen molar-refractivity contribution in [1.82, 2.24) is 5.43 Å². The summed E-state index contributed by atoms with van der Waals surface area (Å²) in [5.41, 5.74) is 6.35. The molecule has 2 aromatic rings. The summed E-state index contributed by atoms with van der Waals surface area (Å²) in [6.45, 7) is 7.44. The number of carbonyl (C=O) groups is 2. The number of benzene rings is 2. The Morgan fingerprint density at radius 2 is 1.76 bits per heavy atom. The van der Waals surface area contributed by atoms with Gasteiger partial charge in [0.1, 0.15) is 5.02 Å². The number of nitro benzene ring substituents is 1. The topological polar surface area (TPSA) is 114 Å². The predicted molar refractivity (Wildman–Crippen MR) is 113 cm³/mol. The number of hydrogen-bond donors (Lipinski definition) is 2. The minimum atomic E-state index is -0.636. The molecule has 0 bridgehead atoms. The molecule has 0 spiro atoms. The molecular formula is C20H21ClN4O4. The maximum Gasteiger partial charge on any atom is 0.287 e. The van der Waals surface area contributed by atoms with Crippen molar-refractivity contribution < 1.29 is 14.5 Å². The van der Waals surface area contributed by atoms with E-state index in [1.807, 2.05) is 32.9 Å². The first-order valence-electron chi connectivity index (χ1n) is 8.73. The van der Waals surface area contributed by atoms with E-state index in [1.54, 1.807) is 6.92 Å². The maximum absolute atomic E-state index is 12.3. The lowest BCUT2D eigenvalue weighted by molar-refractivity contribution is -0.384. The van der Waals surface area contributed by atoms with Gasteiger partial charge in [-0.2, -0.15) is 5.10 Å². The van der Waals surface area contributed by atoms with Gasteiger partial charge in [-0.15, -0.1) is 0 Å². The Labute approximate surface area is 173 Å². The van der Waals surface area contributed by atoms with Crippen LogP contribution >= 0.6 is 11.6 Å². The fraction of sp³-hybridized carbons (Fsp3) is 0.250. The number of carbonyl (C=O) groups excluding carboxylic acids is 2. The summed E-state index contributed by atoms with van der Waals surface area (Å²) in [5.74, 6) is -0.847. The maximum atomic E-state index is 12.3. The van der Waals surface area contributed by atoms with Crippen LogP contribution in [0.2, 0.25) is 5.02 Å². The number of nitrogens with zero attached hydrogens (tertiary/aromatic N) is 2. The van der Waals surface area contributed by atoms with Gasteiger partial charge in [0, 0.05) is 23.0 Å². The number of halogens is 1. The third-order valence-corrected chi connectivity index (χ3v) is 4.42. The van der Waals surface area contributed by atoms with Crippen LogP contribution in [0, 0.1) is 30.9 Å². The molecule has 0 aliphatic rings. The van der Waals surface area contributed by atoms with Crippen LogP contribution in [-0.2, 0) is 4.79 Å². The van der Waals surface area contributed by atoms with Crippen molar-refractivity contribution in [2.45, 2.75) is 34.1 Å². The highest BCUT2D eigenvalue weighted by atomic mass is 35.5. The molecule has 0 fully saturated rings. The molecule has 0 atom stereocenters. The number of hydrazone groups is 1. The Hall–Kier alpha value is -3.26. The highest BCUT2D eigenvalue weighted by Crippen LogP contribution is 2.25. The SMILES string of the molecule is C/C(CC(=O)Nc1c(C)cc(C)cc1C)=N/NC(=O)c1ccc([N+](=O)[O-])c(Cl)c1. The highest BCUT2D eigenvalue weighted by Gasteiger charge is 2.15. The van der Waals surface area contributed by atoms with Crippen molar-refractivity contribution in [2.24, 2.45) is 5.10 Å². The molecule has 0 aliphatic heterocycles. The molecule has 9 heteroatoms. The van der Waals surface area contributed by atoms with Gasteiger partial charge in [0.25, 0.3) is 11.6 Å². The lowest BCUT2D eigenvalue weighted by atomic mass is 10.0. The monoisotopic (exact) mass is 416 g/mol. The molecule has 0 saturated carbocycles. The van der Waals surface area contributed by atoms with Crippen molar-refractivity contribution in [1.29, 1.82) is 0 Å². The summed E-state index contributed by atoms with van der Waals surface area (Å²) < 4.78 is 0. The molecule has 0 radical (unpaired) electrons. The molecule has 0 heterocycles. The molecule has 2 rings (SSSR count). The number of rotatable bonds is 6. The van der Waals surface area contributed by atoms with Crippen LogP contribution in [0.15, 0.2) is 35.4 Å². The predicted octanol–water partition coefficient (Wildman–Crippen LogP) is 4.31. The average molecular weight is 417 g/mol. The lowest BCUT2D eigenvalue weighted by Crippen LogP contribution is -2.22. The summed E-state index contributed by atoms with van der Waals surface area (Å²) in [7, 11) is 0. The van der Waals surface area contributed by atoms with Crippen molar-refractivity contribution in [3.63, 3.8) is 0 Å². The summed E-state index contributed by atoms with van der Waals surface area (Å²) in [6.07, 6.45) is -0.00590. The normalized spacial score (nSPS) is 11.1. The Morgan fingerprint density at radius 3 is 2.31 bits per heavy atom. The molecule has 0 unspecified atom stereocenters. The number of hydrogen-bond acceptors (Lipinski definition) is 5. The van der Waals surface area contributed by atoms with E-state index in [9.17, 15) is 19.7 Å². The molecule has 0 aromatic heterocycles. The zero-order valence-electron chi connectivity index (χ0n) is 16.5. The minimum absolute atomic E-state index is 0.00590. The third kappa shape index (κ3) is 5.86. The fourth-order valence-electron chi connectivity index (χ4n) is 2.84. The minimum Gasteiger partial charge on any atom is -0.325 e. The molecule has 0 aliphatic carbocycles. The second-order valence-corrected chi connectivity index (χ2v) is 7.12. The van der Waals surface area contributed by atoms with Crippen LogP contribution in [0.25, 0.3) is 0 Å². The molecule has 2 aromatic carbocycles. The van der Waals surface area contributed by atoms with E-state index in [4.69, 9.17) is 11.6 Å². The first kappa shape index (κ1) is 22.0. The third-order valence-electron chi connectivity index (χ3n) is 4.11. The number of amides is 2. The fourth-order valence-corrected chi connectivity index (χ4v) is 3.09. The van der Waals surface area contributed by atoms with E-state index in [0.717, 1.165) is 28.4 Å². The van der Waals surface area contributed by atoms with Crippen molar-refractivity contribution in [3.05, 3.63) is 67.7 Å². The number of nitrogens with one attached hydrogen (secondary N) is 2. The largest absolute Gasteiger partial charge is 0.325 e. The summed E-state index contributed by atoms with van der Waals surface area (Å²) in [5, 5.41) is 17.4. The van der Waals surface area contributed by atoms with E-state index >= 15 is 0 Å². The van der Waals surface area contributed by atoms with Gasteiger partial charge < -0.3 is 5.32 Å². The summed E-state index contributed by atoms with van der Waals surface area (Å²) in [6, 6.07) is 7.58. The van der Waals surface area contributed by atoms with Gasteiger partial charge in [-0.1, -0.05) is 29.3 Å². The zero-order valence-corrected chi connectivity index (χ0v) is 17.3. The van der Waals surface area contributed by atoms with Gasteiger partial charge in [0.15, 0.2) is 0 Å². The quantitative estimate of drug-likeness (QED) is 0.415. The number of nitro groups is 1. The van der Waals surface area contributed by atoms with Gasteiger partial charge in [0.2, 0.25) is 5.91 Å². The van der Waals surface area contributed by atoms with Crippen LogP contribution in [0.3, 0.4) is 0 Å². The van der Waals surface area contributed by atoms with Gasteiger partial charge in [-0.05, 0) is 51.0 Å². The molecule has 8 nitrogen and oxygen atoms in total. The van der Waals surface area contributed by atoms with Gasteiger partial charge in [-0.25, -0.2) is 5.43 Å². The van der Waals surface area contributed by atoms with Crippen molar-refractivity contribution in [3.8, 4) is 0 Å². The second kappa shape index (κ2) is 9.29. The van der Waals surface area contributed by atoms with E-state index < -0.39 is 10.8 Å².